The van der Waals surface area contributed by atoms with Crippen molar-refractivity contribution in [3.8, 4) is 0 Å². The average Bonchev–Trinajstić information content (AvgIpc) is 2.38. The minimum absolute atomic E-state index is 0.110. The molecule has 8 heteroatoms. The highest BCUT2D eigenvalue weighted by atomic mass is 32.2. The molecular weight excluding hydrogens is 300 g/mol. The Morgan fingerprint density at radius 1 is 1.05 bits per heavy atom. The molecule has 1 aromatic carbocycles. The van der Waals surface area contributed by atoms with E-state index in [9.17, 15) is 16.8 Å². The molecule has 6 nitrogen and oxygen atoms in total. The summed E-state index contributed by atoms with van der Waals surface area (Å²) in [5.74, 6) is 0. The first kappa shape index (κ1) is 15.3. The Morgan fingerprint density at radius 3 is 2.30 bits per heavy atom. The molecule has 0 amide bonds. The first-order valence-electron chi connectivity index (χ1n) is 6.43. The maximum atomic E-state index is 12.2. The monoisotopic (exact) mass is 318 g/mol. The zero-order valence-corrected chi connectivity index (χ0v) is 12.6. The number of nitrogens with one attached hydrogen (secondary N) is 1. The van der Waals surface area contributed by atoms with E-state index in [0.717, 1.165) is 19.3 Å². The largest absolute Gasteiger partial charge is 0.283 e. The zero-order chi connectivity index (χ0) is 14.8. The lowest BCUT2D eigenvalue weighted by Crippen LogP contribution is -2.29. The van der Waals surface area contributed by atoms with E-state index in [-0.39, 0.29) is 10.6 Å². The second-order valence-electron chi connectivity index (χ2n) is 4.98. The number of sulfonamides is 2. The summed E-state index contributed by atoms with van der Waals surface area (Å²) in [5.41, 5.74) is 0.224. The SMILES string of the molecule is NS(=O)(=O)c1cccc(NS(=O)(=O)C2CCCCC2)c1. The summed E-state index contributed by atoms with van der Waals surface area (Å²) in [7, 11) is -7.32. The van der Waals surface area contributed by atoms with Crippen molar-refractivity contribution >= 4 is 25.7 Å². The van der Waals surface area contributed by atoms with Crippen LogP contribution in [0.1, 0.15) is 32.1 Å². The normalized spacial score (nSPS) is 17.9. The molecular formula is C12H18N2O4S2. The van der Waals surface area contributed by atoms with Crippen molar-refractivity contribution in [2.45, 2.75) is 42.2 Å². The third-order valence-corrected chi connectivity index (χ3v) is 6.19. The molecule has 0 atom stereocenters. The molecule has 3 N–H and O–H groups in total. The molecule has 1 saturated carbocycles. The second-order valence-corrected chi connectivity index (χ2v) is 8.50. The smallest absolute Gasteiger partial charge is 0.238 e. The predicted molar refractivity (Wildman–Crippen MR) is 77.2 cm³/mol. The predicted octanol–water partition coefficient (Wildman–Crippen LogP) is 1.41. The van der Waals surface area contributed by atoms with Crippen LogP contribution in [0, 0.1) is 0 Å². The summed E-state index contributed by atoms with van der Waals surface area (Å²) < 4.78 is 49.4. The van der Waals surface area contributed by atoms with Crippen LogP contribution >= 0.6 is 0 Å². The number of hydrogen-bond donors (Lipinski definition) is 2. The van der Waals surface area contributed by atoms with Crippen LogP contribution in [0.5, 0.6) is 0 Å². The molecule has 20 heavy (non-hydrogen) atoms. The lowest BCUT2D eigenvalue weighted by atomic mass is 10.0. The van der Waals surface area contributed by atoms with Gasteiger partial charge in [0.15, 0.2) is 0 Å². The van der Waals surface area contributed by atoms with Gasteiger partial charge in [-0.25, -0.2) is 22.0 Å². The van der Waals surface area contributed by atoms with E-state index in [1.54, 1.807) is 0 Å². The highest BCUT2D eigenvalue weighted by Gasteiger charge is 2.27. The Kier molecular flexibility index (Phi) is 4.36. The van der Waals surface area contributed by atoms with Crippen molar-refractivity contribution in [1.82, 2.24) is 0 Å². The van der Waals surface area contributed by atoms with Gasteiger partial charge in [0, 0.05) is 5.69 Å². The van der Waals surface area contributed by atoms with Gasteiger partial charge in [0.05, 0.1) is 10.1 Å². The Balaban J connectivity index is 2.21. The van der Waals surface area contributed by atoms with E-state index < -0.39 is 25.3 Å². The van der Waals surface area contributed by atoms with Crippen molar-refractivity contribution in [1.29, 1.82) is 0 Å². The molecule has 0 heterocycles. The maximum Gasteiger partial charge on any atom is 0.238 e. The topological polar surface area (TPSA) is 106 Å². The minimum atomic E-state index is -3.84. The summed E-state index contributed by atoms with van der Waals surface area (Å²) in [5, 5.41) is 4.62. The fourth-order valence-corrected chi connectivity index (χ4v) is 4.50. The van der Waals surface area contributed by atoms with Gasteiger partial charge in [-0.05, 0) is 31.0 Å². The van der Waals surface area contributed by atoms with E-state index >= 15 is 0 Å². The second kappa shape index (κ2) is 5.71. The van der Waals surface area contributed by atoms with Crippen LogP contribution in [-0.4, -0.2) is 22.1 Å². The van der Waals surface area contributed by atoms with Crippen LogP contribution in [0.25, 0.3) is 0 Å². The van der Waals surface area contributed by atoms with Gasteiger partial charge in [0.2, 0.25) is 20.0 Å². The Morgan fingerprint density at radius 2 is 1.70 bits per heavy atom. The molecule has 0 saturated heterocycles. The number of hydrogen-bond acceptors (Lipinski definition) is 4. The average molecular weight is 318 g/mol. The van der Waals surface area contributed by atoms with Crippen molar-refractivity contribution in [2.24, 2.45) is 5.14 Å². The summed E-state index contributed by atoms with van der Waals surface area (Å²) in [6.07, 6.45) is 4.16. The van der Waals surface area contributed by atoms with Gasteiger partial charge in [-0.1, -0.05) is 25.3 Å². The van der Waals surface area contributed by atoms with E-state index in [2.05, 4.69) is 4.72 Å². The van der Waals surface area contributed by atoms with Gasteiger partial charge in [0.25, 0.3) is 0 Å². The van der Waals surface area contributed by atoms with Gasteiger partial charge < -0.3 is 0 Å². The summed E-state index contributed by atoms with van der Waals surface area (Å²) >= 11 is 0. The molecule has 1 aliphatic rings. The van der Waals surface area contributed by atoms with Gasteiger partial charge in [-0.15, -0.1) is 0 Å². The van der Waals surface area contributed by atoms with Crippen molar-refractivity contribution in [3.63, 3.8) is 0 Å². The quantitative estimate of drug-likeness (QED) is 0.875. The van der Waals surface area contributed by atoms with Crippen LogP contribution in [0.4, 0.5) is 5.69 Å². The molecule has 0 spiro atoms. The Bertz CT molecular complexity index is 677. The molecule has 0 bridgehead atoms. The molecule has 1 aliphatic carbocycles. The zero-order valence-electron chi connectivity index (χ0n) is 10.9. The van der Waals surface area contributed by atoms with Crippen molar-refractivity contribution in [2.75, 3.05) is 4.72 Å². The molecule has 112 valence electrons. The number of primary sulfonamides is 1. The summed E-state index contributed by atoms with van der Waals surface area (Å²) in [6, 6.07) is 5.52. The highest BCUT2D eigenvalue weighted by Crippen LogP contribution is 2.25. The fourth-order valence-electron chi connectivity index (χ4n) is 2.36. The number of benzene rings is 1. The molecule has 1 fully saturated rings. The van der Waals surface area contributed by atoms with Gasteiger partial charge >= 0.3 is 0 Å². The molecule has 0 aromatic heterocycles. The van der Waals surface area contributed by atoms with E-state index in [1.165, 1.54) is 24.3 Å². The molecule has 2 rings (SSSR count). The minimum Gasteiger partial charge on any atom is -0.283 e. The summed E-state index contributed by atoms with van der Waals surface area (Å²) in [4.78, 5) is -0.110. The van der Waals surface area contributed by atoms with Crippen LogP contribution in [0.15, 0.2) is 29.2 Å². The molecule has 0 radical (unpaired) electrons. The molecule has 1 aromatic rings. The first-order valence-corrected chi connectivity index (χ1v) is 9.53. The highest BCUT2D eigenvalue weighted by molar-refractivity contribution is 7.93. The van der Waals surface area contributed by atoms with Crippen molar-refractivity contribution in [3.05, 3.63) is 24.3 Å². The lowest BCUT2D eigenvalue weighted by Gasteiger charge is -2.22. The number of nitrogens with two attached hydrogens (primary N) is 1. The summed E-state index contributed by atoms with van der Waals surface area (Å²) in [6.45, 7) is 0. The van der Waals surface area contributed by atoms with E-state index in [1.807, 2.05) is 0 Å². The van der Waals surface area contributed by atoms with Crippen molar-refractivity contribution < 1.29 is 16.8 Å². The van der Waals surface area contributed by atoms with Crippen LogP contribution in [0.3, 0.4) is 0 Å². The van der Waals surface area contributed by atoms with Crippen LogP contribution < -0.4 is 9.86 Å². The van der Waals surface area contributed by atoms with E-state index in [0.29, 0.717) is 12.8 Å². The Labute approximate surface area is 119 Å². The fraction of sp³-hybridized carbons (Fsp3) is 0.500. The van der Waals surface area contributed by atoms with Gasteiger partial charge in [-0.2, -0.15) is 0 Å². The van der Waals surface area contributed by atoms with Gasteiger partial charge in [0.1, 0.15) is 0 Å². The maximum absolute atomic E-state index is 12.2. The third kappa shape index (κ3) is 3.71. The van der Waals surface area contributed by atoms with Gasteiger partial charge in [-0.3, -0.25) is 4.72 Å². The molecule has 0 aliphatic heterocycles. The lowest BCUT2D eigenvalue weighted by molar-refractivity contribution is 0.486. The first-order chi connectivity index (χ1) is 9.29. The van der Waals surface area contributed by atoms with E-state index in [4.69, 9.17) is 5.14 Å². The van der Waals surface area contributed by atoms with Crippen LogP contribution in [-0.2, 0) is 20.0 Å². The Hall–Kier alpha value is -1.12. The number of rotatable bonds is 4. The molecule has 0 unspecified atom stereocenters. The van der Waals surface area contributed by atoms with Crippen LogP contribution in [0.2, 0.25) is 0 Å². The standard InChI is InChI=1S/C12H18N2O4S2/c13-19(15,16)12-8-4-5-10(9-12)14-20(17,18)11-6-2-1-3-7-11/h4-5,8-9,11,14H,1-3,6-7H2,(H2,13,15,16). The number of anilines is 1. The third-order valence-electron chi connectivity index (χ3n) is 3.41.